The van der Waals surface area contributed by atoms with E-state index >= 15 is 0 Å². The van der Waals surface area contributed by atoms with E-state index in [-0.39, 0.29) is 5.91 Å². The molecule has 0 radical (unpaired) electrons. The van der Waals surface area contributed by atoms with Gasteiger partial charge in [-0.3, -0.25) is 9.59 Å². The monoisotopic (exact) mass is 412 g/mol. The number of nitrogens with one attached hydrogen (secondary N) is 1. The molecule has 29 heavy (non-hydrogen) atoms. The number of carbonyl (C=O) groups excluding carboxylic acids is 1. The summed E-state index contributed by atoms with van der Waals surface area (Å²) < 4.78 is 1.67. The Balaban J connectivity index is 1.69. The number of aromatic amines is 1. The van der Waals surface area contributed by atoms with Gasteiger partial charge in [-0.15, -0.1) is 0 Å². The Labute approximate surface area is 172 Å². The van der Waals surface area contributed by atoms with Crippen molar-refractivity contribution in [2.75, 3.05) is 6.54 Å². The third-order valence-corrected chi connectivity index (χ3v) is 6.82. The lowest BCUT2D eigenvalue weighted by Crippen LogP contribution is -2.54. The van der Waals surface area contributed by atoms with E-state index < -0.39 is 17.4 Å². The van der Waals surface area contributed by atoms with Crippen LogP contribution in [-0.4, -0.2) is 43.0 Å². The average Bonchev–Trinajstić information content (AvgIpc) is 3.23. The molecule has 0 bridgehead atoms. The van der Waals surface area contributed by atoms with E-state index in [9.17, 15) is 14.7 Å². The molecule has 1 aliphatic carbocycles. The largest absolute Gasteiger partial charge is 0.481 e. The van der Waals surface area contributed by atoms with Crippen LogP contribution in [0, 0.1) is 5.41 Å². The van der Waals surface area contributed by atoms with Gasteiger partial charge in [-0.1, -0.05) is 18.0 Å². The molecule has 2 aliphatic rings. The predicted octanol–water partition coefficient (Wildman–Crippen LogP) is 3.55. The van der Waals surface area contributed by atoms with Gasteiger partial charge in [-0.05, 0) is 43.0 Å². The summed E-state index contributed by atoms with van der Waals surface area (Å²) >= 11 is 6.22. The molecule has 1 aliphatic heterocycles. The molecular weight excluding hydrogens is 392 g/mol. The number of carbonyl (C=O) groups is 2. The zero-order valence-corrected chi connectivity index (χ0v) is 16.7. The third-order valence-electron chi connectivity index (χ3n) is 6.58. The number of carboxylic acid groups (broad SMARTS) is 1. The molecule has 1 aromatic carbocycles. The van der Waals surface area contributed by atoms with Gasteiger partial charge >= 0.3 is 5.97 Å². The Morgan fingerprint density at radius 3 is 2.76 bits per heavy atom. The first kappa shape index (κ1) is 18.2. The van der Waals surface area contributed by atoms with Crippen LogP contribution in [0.15, 0.2) is 30.7 Å². The zero-order chi connectivity index (χ0) is 20.3. The second-order valence-corrected chi connectivity index (χ2v) is 8.50. The minimum Gasteiger partial charge on any atom is -0.481 e. The number of fused-ring (bicyclic) bond motifs is 3. The van der Waals surface area contributed by atoms with Crippen LogP contribution in [0.4, 0.5) is 0 Å². The zero-order valence-electron chi connectivity index (χ0n) is 16.0. The fourth-order valence-electron chi connectivity index (χ4n) is 4.93. The molecule has 5 rings (SSSR count). The highest BCUT2D eigenvalue weighted by atomic mass is 35.5. The van der Waals surface area contributed by atoms with Gasteiger partial charge in [0, 0.05) is 35.2 Å². The van der Waals surface area contributed by atoms with Crippen molar-refractivity contribution in [1.29, 1.82) is 0 Å². The Kier molecular flexibility index (Phi) is 4.00. The summed E-state index contributed by atoms with van der Waals surface area (Å²) in [5, 5.41) is 11.8. The number of H-pyrrole nitrogens is 1. The quantitative estimate of drug-likeness (QED) is 0.688. The number of aliphatic carboxylic acids is 1. The van der Waals surface area contributed by atoms with E-state index in [1.165, 1.54) is 6.20 Å². The second kappa shape index (κ2) is 6.35. The normalized spacial score (nSPS) is 20.3. The number of aromatic nitrogens is 3. The van der Waals surface area contributed by atoms with Gasteiger partial charge in [-0.25, -0.2) is 4.98 Å². The molecule has 1 amide bonds. The Bertz CT molecular complexity index is 1140. The standard InChI is InChI=1S/C21H21ClN4O3/c1-25-11-23-10-16(25)19(27)26-8-5-13-14-9-12(22)3-4-15(14)24-17(13)18(26)21(20(28)29)6-2-7-21/h3-4,9-11,18,24H,2,5-8H2,1H3,(H,28,29). The molecule has 150 valence electrons. The van der Waals surface area contributed by atoms with Gasteiger partial charge in [0.1, 0.15) is 5.69 Å². The van der Waals surface area contributed by atoms with Gasteiger partial charge in [0.25, 0.3) is 5.91 Å². The lowest BCUT2D eigenvalue weighted by molar-refractivity contribution is -0.161. The van der Waals surface area contributed by atoms with Crippen molar-refractivity contribution >= 4 is 34.4 Å². The number of halogens is 1. The van der Waals surface area contributed by atoms with E-state index in [4.69, 9.17) is 11.6 Å². The van der Waals surface area contributed by atoms with Crippen LogP contribution in [0.5, 0.6) is 0 Å². The van der Waals surface area contributed by atoms with Gasteiger partial charge < -0.3 is 19.6 Å². The third kappa shape index (κ3) is 2.53. The molecule has 2 aromatic heterocycles. The van der Waals surface area contributed by atoms with Gasteiger partial charge in [0.05, 0.1) is 24.0 Å². The van der Waals surface area contributed by atoms with Crippen LogP contribution >= 0.6 is 11.6 Å². The number of rotatable bonds is 3. The maximum atomic E-state index is 13.4. The number of imidazole rings is 1. The van der Waals surface area contributed by atoms with E-state index in [1.807, 2.05) is 18.2 Å². The average molecular weight is 413 g/mol. The molecule has 8 heteroatoms. The highest BCUT2D eigenvalue weighted by Crippen LogP contribution is 2.55. The van der Waals surface area contributed by atoms with E-state index in [1.54, 1.807) is 22.8 Å². The summed E-state index contributed by atoms with van der Waals surface area (Å²) in [4.78, 5) is 35.0. The molecule has 1 fully saturated rings. The summed E-state index contributed by atoms with van der Waals surface area (Å²) in [6, 6.07) is 5.09. The lowest BCUT2D eigenvalue weighted by atomic mass is 9.61. The first-order valence-corrected chi connectivity index (χ1v) is 10.1. The highest BCUT2D eigenvalue weighted by Gasteiger charge is 2.56. The van der Waals surface area contributed by atoms with Gasteiger partial charge in [0.15, 0.2) is 0 Å². The minimum absolute atomic E-state index is 0.190. The van der Waals surface area contributed by atoms with Crippen molar-refractivity contribution in [2.45, 2.75) is 31.7 Å². The SMILES string of the molecule is Cn1cncc1C(=O)N1CCc2c([nH]c3ccc(Cl)cc23)C1C1(C(=O)O)CCC1. The molecule has 3 aromatic rings. The summed E-state index contributed by atoms with van der Waals surface area (Å²) in [5.74, 6) is -1.04. The number of benzene rings is 1. The Morgan fingerprint density at radius 1 is 1.34 bits per heavy atom. The first-order valence-electron chi connectivity index (χ1n) is 9.73. The number of hydrogen-bond donors (Lipinski definition) is 2. The number of aryl methyl sites for hydroxylation is 1. The number of nitrogens with zero attached hydrogens (tertiary/aromatic N) is 3. The Morgan fingerprint density at radius 2 is 2.14 bits per heavy atom. The predicted molar refractivity (Wildman–Crippen MR) is 108 cm³/mol. The van der Waals surface area contributed by atoms with Gasteiger partial charge in [-0.2, -0.15) is 0 Å². The molecular formula is C21H21ClN4O3. The van der Waals surface area contributed by atoms with E-state index in [0.717, 1.165) is 28.6 Å². The molecule has 3 heterocycles. The minimum atomic E-state index is -0.978. The van der Waals surface area contributed by atoms with Crippen molar-refractivity contribution in [3.8, 4) is 0 Å². The molecule has 0 saturated heterocycles. The van der Waals surface area contributed by atoms with Crippen LogP contribution in [0.25, 0.3) is 10.9 Å². The van der Waals surface area contributed by atoms with Crippen LogP contribution in [0.2, 0.25) is 5.02 Å². The number of hydrogen-bond acceptors (Lipinski definition) is 3. The molecule has 1 unspecified atom stereocenters. The van der Waals surface area contributed by atoms with Gasteiger partial charge in [0.2, 0.25) is 0 Å². The molecule has 1 saturated carbocycles. The summed E-state index contributed by atoms with van der Waals surface area (Å²) in [7, 11) is 1.77. The van der Waals surface area contributed by atoms with Crippen molar-refractivity contribution < 1.29 is 14.7 Å². The molecule has 7 nitrogen and oxygen atoms in total. The highest BCUT2D eigenvalue weighted by molar-refractivity contribution is 6.31. The van der Waals surface area contributed by atoms with Crippen molar-refractivity contribution in [2.24, 2.45) is 12.5 Å². The van der Waals surface area contributed by atoms with E-state index in [0.29, 0.717) is 36.5 Å². The first-order chi connectivity index (χ1) is 13.9. The van der Waals surface area contributed by atoms with Crippen LogP contribution in [0.1, 0.15) is 47.1 Å². The smallest absolute Gasteiger partial charge is 0.312 e. The van der Waals surface area contributed by atoms with Crippen LogP contribution in [-0.2, 0) is 18.3 Å². The van der Waals surface area contributed by atoms with Crippen LogP contribution < -0.4 is 0 Å². The van der Waals surface area contributed by atoms with Crippen molar-refractivity contribution in [1.82, 2.24) is 19.4 Å². The topological polar surface area (TPSA) is 91.2 Å². The number of carboxylic acids is 1. The maximum Gasteiger partial charge on any atom is 0.312 e. The number of amides is 1. The summed E-state index contributed by atoms with van der Waals surface area (Å²) in [6.45, 7) is 0.455. The fraction of sp³-hybridized carbons (Fsp3) is 0.381. The molecule has 1 atom stereocenters. The molecule has 2 N–H and O–H groups in total. The second-order valence-electron chi connectivity index (χ2n) is 8.06. The van der Waals surface area contributed by atoms with Crippen LogP contribution in [0.3, 0.4) is 0 Å². The fourth-order valence-corrected chi connectivity index (χ4v) is 5.10. The van der Waals surface area contributed by atoms with Crippen molar-refractivity contribution in [3.05, 3.63) is 52.7 Å². The molecule has 0 spiro atoms. The van der Waals surface area contributed by atoms with Crippen molar-refractivity contribution in [3.63, 3.8) is 0 Å². The Hall–Kier alpha value is -2.80. The summed E-state index contributed by atoms with van der Waals surface area (Å²) in [5.41, 5.74) is 2.28. The maximum absolute atomic E-state index is 13.4. The summed E-state index contributed by atoms with van der Waals surface area (Å²) in [6.07, 6.45) is 5.71. The van der Waals surface area contributed by atoms with E-state index in [2.05, 4.69) is 9.97 Å². The lowest BCUT2D eigenvalue weighted by Gasteiger charge is -2.50.